The van der Waals surface area contributed by atoms with E-state index < -0.39 is 24.2 Å². The van der Waals surface area contributed by atoms with Crippen LogP contribution in [0.2, 0.25) is 0 Å². The number of rotatable bonds is 9. The molecule has 0 aromatic heterocycles. The van der Waals surface area contributed by atoms with Gasteiger partial charge in [-0.05, 0) is 86.2 Å². The van der Waals surface area contributed by atoms with Gasteiger partial charge in [0.15, 0.2) is 0 Å². The van der Waals surface area contributed by atoms with Gasteiger partial charge in [0.25, 0.3) is 0 Å². The molecule has 0 radical (unpaired) electrons. The Morgan fingerprint density at radius 3 is 2.39 bits per heavy atom. The molecule has 5 saturated carbocycles. The van der Waals surface area contributed by atoms with Crippen LogP contribution < -0.4 is 10.1 Å². The third-order valence-corrected chi connectivity index (χ3v) is 11.5. The summed E-state index contributed by atoms with van der Waals surface area (Å²) in [5, 5.41) is 24.2. The second kappa shape index (κ2) is 11.0. The Labute approximate surface area is 243 Å². The van der Waals surface area contributed by atoms with Gasteiger partial charge in [0, 0.05) is 30.6 Å². The van der Waals surface area contributed by atoms with Gasteiger partial charge < -0.3 is 25.2 Å². The first-order valence-electron chi connectivity index (χ1n) is 16.3. The number of nitrogens with zero attached hydrogens (tertiary/aromatic N) is 1. The van der Waals surface area contributed by atoms with E-state index in [-0.39, 0.29) is 30.4 Å². The maximum atomic E-state index is 14.2. The van der Waals surface area contributed by atoms with Crippen molar-refractivity contribution < 1.29 is 24.5 Å². The molecule has 41 heavy (non-hydrogen) atoms. The lowest BCUT2D eigenvalue weighted by Gasteiger charge is -2.58. The predicted octanol–water partition coefficient (Wildman–Crippen LogP) is 4.32. The minimum Gasteiger partial charge on any atom is -0.486 e. The molecule has 6 aliphatic carbocycles. The Balaban J connectivity index is 1.23. The third-order valence-electron chi connectivity index (χ3n) is 11.5. The second-order valence-corrected chi connectivity index (χ2v) is 14.3. The average molecular weight is 563 g/mol. The Morgan fingerprint density at radius 2 is 1.71 bits per heavy atom. The Morgan fingerprint density at radius 1 is 1.02 bits per heavy atom. The van der Waals surface area contributed by atoms with Crippen LogP contribution in [0.5, 0.6) is 5.75 Å². The molecule has 0 spiro atoms. The minimum atomic E-state index is -0.939. The smallest absolute Gasteiger partial charge is 0.247 e. The standard InChI is InChI=1S/C34H46N2O5/c37-12-11-35-33(40)26-16-27(31(39)32-30(26)25-7-3-4-8-28(25)41-32)36(29(38)10-9-21-5-1-2-6-21)20-34-17-22-13-23(18-34)15-24(14-22)19-34/h3-4,7-8,16,21-24,27,30-32,37,39H,1-2,5-6,9-15,17-20H2,(H,35,40). The SMILES string of the molecule is O=C(NCCO)C1=CC(N(CC23CC4CC(CC(C4)C2)C3)C(=O)CCC2CCCC2)C(O)C2Oc3ccccc3C12. The summed E-state index contributed by atoms with van der Waals surface area (Å²) in [7, 11) is 0. The molecular formula is C34H46N2O5. The molecule has 7 aliphatic rings. The van der Waals surface area contributed by atoms with Crippen LogP contribution in [0.15, 0.2) is 35.9 Å². The van der Waals surface area contributed by atoms with Gasteiger partial charge in [0.2, 0.25) is 11.8 Å². The molecule has 7 heteroatoms. The van der Waals surface area contributed by atoms with E-state index in [1.54, 1.807) is 0 Å². The van der Waals surface area contributed by atoms with E-state index in [2.05, 4.69) is 5.32 Å². The molecule has 5 fully saturated rings. The van der Waals surface area contributed by atoms with Crippen LogP contribution in [0.3, 0.4) is 0 Å². The van der Waals surface area contributed by atoms with Crippen LogP contribution in [0.25, 0.3) is 0 Å². The molecule has 1 aromatic rings. The fourth-order valence-corrected chi connectivity index (χ4v) is 10.2. The maximum absolute atomic E-state index is 14.2. The normalized spacial score (nSPS) is 36.8. The lowest BCUT2D eigenvalue weighted by molar-refractivity contribution is -0.145. The van der Waals surface area contributed by atoms with E-state index in [0.717, 1.165) is 29.7 Å². The number of amides is 2. The highest BCUT2D eigenvalue weighted by Crippen LogP contribution is 2.60. The Bertz CT molecular complexity index is 1150. The van der Waals surface area contributed by atoms with Gasteiger partial charge >= 0.3 is 0 Å². The molecule has 0 saturated heterocycles. The number of aliphatic hydroxyl groups is 2. The van der Waals surface area contributed by atoms with Crippen LogP contribution in [-0.2, 0) is 9.59 Å². The largest absolute Gasteiger partial charge is 0.486 e. The van der Waals surface area contributed by atoms with Crippen LogP contribution in [0.1, 0.15) is 88.5 Å². The van der Waals surface area contributed by atoms with Crippen molar-refractivity contribution in [2.75, 3.05) is 19.7 Å². The summed E-state index contributed by atoms with van der Waals surface area (Å²) in [6.07, 6.45) is 14.2. The minimum absolute atomic E-state index is 0.108. The van der Waals surface area contributed by atoms with Crippen molar-refractivity contribution in [3.63, 3.8) is 0 Å². The highest BCUT2D eigenvalue weighted by molar-refractivity contribution is 5.96. The summed E-state index contributed by atoms with van der Waals surface area (Å²) >= 11 is 0. The third kappa shape index (κ3) is 5.11. The lowest BCUT2D eigenvalue weighted by atomic mass is 9.49. The van der Waals surface area contributed by atoms with Crippen molar-refractivity contribution in [3.8, 4) is 5.75 Å². The Kier molecular flexibility index (Phi) is 7.39. The van der Waals surface area contributed by atoms with E-state index in [9.17, 15) is 19.8 Å². The van der Waals surface area contributed by atoms with Crippen LogP contribution in [-0.4, -0.2) is 64.9 Å². The van der Waals surface area contributed by atoms with Crippen molar-refractivity contribution >= 4 is 11.8 Å². The van der Waals surface area contributed by atoms with E-state index in [4.69, 9.17) is 4.74 Å². The Hall–Kier alpha value is -2.38. The molecule has 8 rings (SSSR count). The first-order chi connectivity index (χ1) is 19.9. The molecule has 3 N–H and O–H groups in total. The summed E-state index contributed by atoms with van der Waals surface area (Å²) in [5.41, 5.74) is 1.53. The first kappa shape index (κ1) is 27.5. The number of ether oxygens (including phenoxy) is 1. The topological polar surface area (TPSA) is 99.1 Å². The molecule has 7 nitrogen and oxygen atoms in total. The molecular weight excluding hydrogens is 516 g/mol. The highest BCUT2D eigenvalue weighted by Gasteiger charge is 2.55. The maximum Gasteiger partial charge on any atom is 0.247 e. The number of benzene rings is 1. The van der Waals surface area contributed by atoms with Gasteiger partial charge in [0.05, 0.1) is 18.6 Å². The molecule has 4 unspecified atom stereocenters. The molecule has 2 amide bonds. The average Bonchev–Trinajstić information content (AvgIpc) is 3.62. The van der Waals surface area contributed by atoms with Gasteiger partial charge in [-0.25, -0.2) is 0 Å². The molecule has 4 atom stereocenters. The summed E-state index contributed by atoms with van der Waals surface area (Å²) in [6.45, 7) is 0.665. The summed E-state index contributed by atoms with van der Waals surface area (Å²) < 4.78 is 6.35. The first-order valence-corrected chi connectivity index (χ1v) is 16.3. The van der Waals surface area contributed by atoms with E-state index in [1.165, 1.54) is 64.2 Å². The number of fused-ring (bicyclic) bond motifs is 3. The summed E-state index contributed by atoms with van der Waals surface area (Å²) in [6, 6.07) is 7.06. The van der Waals surface area contributed by atoms with Gasteiger partial charge in [-0.1, -0.05) is 43.9 Å². The van der Waals surface area contributed by atoms with Crippen molar-refractivity contribution in [1.82, 2.24) is 10.2 Å². The fraction of sp³-hybridized carbons (Fsp3) is 0.706. The number of nitrogens with one attached hydrogen (secondary N) is 1. The van der Waals surface area contributed by atoms with Gasteiger partial charge in [-0.15, -0.1) is 0 Å². The monoisotopic (exact) mass is 562 g/mol. The van der Waals surface area contributed by atoms with Crippen LogP contribution in [0, 0.1) is 29.1 Å². The predicted molar refractivity (Wildman–Crippen MR) is 155 cm³/mol. The molecule has 1 aromatic carbocycles. The van der Waals surface area contributed by atoms with E-state index in [1.807, 2.05) is 35.2 Å². The number of carbonyl (C=O) groups is 2. The second-order valence-electron chi connectivity index (χ2n) is 14.3. The number of hydrogen-bond donors (Lipinski definition) is 3. The van der Waals surface area contributed by atoms with E-state index >= 15 is 0 Å². The zero-order chi connectivity index (χ0) is 28.1. The lowest BCUT2D eigenvalue weighted by Crippen LogP contribution is -2.59. The van der Waals surface area contributed by atoms with Crippen LogP contribution >= 0.6 is 0 Å². The van der Waals surface area contributed by atoms with Crippen molar-refractivity contribution in [1.29, 1.82) is 0 Å². The van der Waals surface area contributed by atoms with Crippen molar-refractivity contribution in [2.45, 2.75) is 101 Å². The fourth-order valence-electron chi connectivity index (χ4n) is 10.2. The zero-order valence-corrected chi connectivity index (χ0v) is 24.2. The van der Waals surface area contributed by atoms with Crippen molar-refractivity contribution in [2.24, 2.45) is 29.1 Å². The highest BCUT2D eigenvalue weighted by atomic mass is 16.5. The zero-order valence-electron chi connectivity index (χ0n) is 24.2. The molecule has 1 heterocycles. The number of aliphatic hydroxyl groups excluding tert-OH is 2. The van der Waals surface area contributed by atoms with Gasteiger partial charge in [0.1, 0.15) is 18.0 Å². The summed E-state index contributed by atoms with van der Waals surface area (Å²) in [5.74, 6) is 3.02. The quantitative estimate of drug-likeness (QED) is 0.416. The number of hydrogen-bond acceptors (Lipinski definition) is 5. The number of para-hydroxylation sites is 1. The molecule has 222 valence electrons. The molecule has 4 bridgehead atoms. The van der Waals surface area contributed by atoms with Gasteiger partial charge in [-0.3, -0.25) is 9.59 Å². The van der Waals surface area contributed by atoms with Crippen LogP contribution in [0.4, 0.5) is 0 Å². The van der Waals surface area contributed by atoms with E-state index in [0.29, 0.717) is 30.2 Å². The van der Waals surface area contributed by atoms with Gasteiger partial charge in [-0.2, -0.15) is 0 Å². The molecule has 1 aliphatic heterocycles. The van der Waals surface area contributed by atoms with Crippen molar-refractivity contribution in [3.05, 3.63) is 41.5 Å². The number of carbonyl (C=O) groups excluding carboxylic acids is 2. The summed E-state index contributed by atoms with van der Waals surface area (Å²) in [4.78, 5) is 29.8.